The van der Waals surface area contributed by atoms with Gasteiger partial charge in [0.25, 0.3) is 0 Å². The fourth-order valence-corrected chi connectivity index (χ4v) is 17.0. The van der Waals surface area contributed by atoms with Crippen molar-refractivity contribution in [3.63, 3.8) is 0 Å². The Morgan fingerprint density at radius 3 is 1.03 bits per heavy atom. The van der Waals surface area contributed by atoms with E-state index in [2.05, 4.69) is 312 Å². The first-order valence-electron chi connectivity index (χ1n) is 25.9. The third-order valence-electron chi connectivity index (χ3n) is 15.5. The van der Waals surface area contributed by atoms with E-state index < -0.39 is 8.07 Å². The topological polar surface area (TPSA) is 9.86 Å². The highest BCUT2D eigenvalue weighted by molar-refractivity contribution is 7.20. The van der Waals surface area contributed by atoms with Crippen LogP contribution >= 0.6 is 0 Å². The summed E-state index contributed by atoms with van der Waals surface area (Å²) in [6, 6.07) is 113. The Kier molecular flexibility index (Phi) is 10.9. The van der Waals surface area contributed by atoms with Crippen molar-refractivity contribution >= 4 is 72.4 Å². The minimum Gasteiger partial charge on any atom is -0.309 e. The van der Waals surface area contributed by atoms with Crippen molar-refractivity contribution in [2.24, 2.45) is 0 Å². The fourth-order valence-electron chi connectivity index (χ4n) is 12.2. The van der Waals surface area contributed by atoms with Crippen LogP contribution in [0.15, 0.2) is 303 Å². The normalized spacial score (nSPS) is 11.7. The fraction of sp³-hybridized carbons (Fsp3) is 0. The largest absolute Gasteiger partial charge is 0.309 e. The van der Waals surface area contributed by atoms with Gasteiger partial charge in [0, 0.05) is 38.2 Å². The van der Waals surface area contributed by atoms with E-state index in [0.717, 1.165) is 11.2 Å². The molecule has 0 aliphatic carbocycles. The Labute approximate surface area is 438 Å². The van der Waals surface area contributed by atoms with Crippen molar-refractivity contribution in [2.75, 3.05) is 0 Å². The molecule has 0 bridgehead atoms. The number of nitrogens with zero attached hydrogens (tertiary/aromatic N) is 2. The minimum absolute atomic E-state index is 1.16. The molecule has 0 atom stereocenters. The maximum Gasteiger partial charge on any atom is 0.179 e. The van der Waals surface area contributed by atoms with Crippen LogP contribution in [0.5, 0.6) is 0 Å². The lowest BCUT2D eigenvalue weighted by molar-refractivity contribution is 1.18. The monoisotopic (exact) mass is 970 g/mol. The number of rotatable bonds is 10. The molecule has 2 nitrogen and oxygen atoms in total. The lowest BCUT2D eigenvalue weighted by atomic mass is 9.95. The van der Waals surface area contributed by atoms with Crippen LogP contribution in [0.2, 0.25) is 0 Å². The quantitative estimate of drug-likeness (QED) is 0.0955. The number of fused-ring (bicyclic) bond motifs is 6. The van der Waals surface area contributed by atoms with Gasteiger partial charge in [-0.2, -0.15) is 0 Å². The Bertz CT molecular complexity index is 4220. The Morgan fingerprint density at radius 1 is 0.213 bits per heavy atom. The Morgan fingerprint density at radius 2 is 0.560 bits per heavy atom. The third-order valence-corrected chi connectivity index (χ3v) is 20.2. The number of benzene rings is 12. The second-order valence-corrected chi connectivity index (χ2v) is 23.4. The van der Waals surface area contributed by atoms with Crippen molar-refractivity contribution < 1.29 is 0 Å². The molecule has 0 aliphatic heterocycles. The molecule has 75 heavy (non-hydrogen) atoms. The lowest BCUT2D eigenvalue weighted by Gasteiger charge is -2.36. The van der Waals surface area contributed by atoms with Gasteiger partial charge in [0.2, 0.25) is 0 Å². The zero-order valence-electron chi connectivity index (χ0n) is 41.3. The summed E-state index contributed by atoms with van der Waals surface area (Å²) >= 11 is 0. The van der Waals surface area contributed by atoms with Crippen LogP contribution in [-0.2, 0) is 0 Å². The van der Waals surface area contributed by atoms with Crippen molar-refractivity contribution in [1.82, 2.24) is 9.13 Å². The molecular formula is C72H50N2Si. The average molecular weight is 971 g/mol. The molecule has 2 heterocycles. The number of aromatic nitrogens is 2. The molecular weight excluding hydrogens is 921 g/mol. The third kappa shape index (κ3) is 7.31. The maximum atomic E-state index is 2.56. The Hall–Kier alpha value is -9.54. The van der Waals surface area contributed by atoms with E-state index in [-0.39, 0.29) is 0 Å². The van der Waals surface area contributed by atoms with Crippen LogP contribution in [0.4, 0.5) is 0 Å². The van der Waals surface area contributed by atoms with E-state index in [1.807, 2.05) is 0 Å². The zero-order valence-corrected chi connectivity index (χ0v) is 42.3. The molecule has 14 rings (SSSR count). The smallest absolute Gasteiger partial charge is 0.179 e. The summed E-state index contributed by atoms with van der Waals surface area (Å²) in [6.45, 7) is 0. The van der Waals surface area contributed by atoms with Gasteiger partial charge in [-0.15, -0.1) is 0 Å². The summed E-state index contributed by atoms with van der Waals surface area (Å²) in [6.07, 6.45) is 0. The van der Waals surface area contributed by atoms with Gasteiger partial charge < -0.3 is 9.13 Å². The Balaban J connectivity index is 1.02. The molecule has 0 spiro atoms. The number of hydrogen-bond donors (Lipinski definition) is 0. The van der Waals surface area contributed by atoms with Crippen molar-refractivity contribution in [1.29, 1.82) is 0 Å². The minimum atomic E-state index is -2.97. The first-order chi connectivity index (χ1) is 37.2. The highest BCUT2D eigenvalue weighted by Crippen LogP contribution is 2.44. The molecule has 0 radical (unpaired) electrons. The first-order valence-corrected chi connectivity index (χ1v) is 27.9. The van der Waals surface area contributed by atoms with Crippen LogP contribution in [-0.4, -0.2) is 17.2 Å². The number of hydrogen-bond acceptors (Lipinski definition) is 0. The molecule has 0 aliphatic rings. The maximum absolute atomic E-state index is 2.97. The van der Waals surface area contributed by atoms with Crippen molar-refractivity contribution in [2.45, 2.75) is 0 Å². The molecule has 12 aromatic carbocycles. The molecule has 3 heteroatoms. The summed E-state index contributed by atoms with van der Waals surface area (Å²) in [5.74, 6) is 0. The van der Waals surface area contributed by atoms with Crippen LogP contribution < -0.4 is 20.7 Å². The predicted molar refractivity (Wildman–Crippen MR) is 320 cm³/mol. The van der Waals surface area contributed by atoms with E-state index in [4.69, 9.17) is 0 Å². The van der Waals surface area contributed by atoms with Crippen LogP contribution in [0.3, 0.4) is 0 Å². The van der Waals surface area contributed by atoms with Gasteiger partial charge in [-0.1, -0.05) is 261 Å². The van der Waals surface area contributed by atoms with Gasteiger partial charge in [-0.05, 0) is 91.0 Å². The molecule has 0 N–H and O–H groups in total. The van der Waals surface area contributed by atoms with Gasteiger partial charge in [0.05, 0.1) is 33.4 Å². The van der Waals surface area contributed by atoms with E-state index in [1.54, 1.807) is 0 Å². The van der Waals surface area contributed by atoms with E-state index in [9.17, 15) is 0 Å². The molecule has 0 saturated carbocycles. The van der Waals surface area contributed by atoms with Crippen molar-refractivity contribution in [3.8, 4) is 55.9 Å². The summed E-state index contributed by atoms with van der Waals surface area (Å²) in [5.41, 5.74) is 16.5. The molecule has 0 amide bonds. The molecule has 352 valence electrons. The molecule has 0 fully saturated rings. The van der Waals surface area contributed by atoms with Crippen molar-refractivity contribution in [3.05, 3.63) is 303 Å². The molecule has 2 aromatic heterocycles. The second kappa shape index (κ2) is 18.5. The van der Waals surface area contributed by atoms with Crippen LogP contribution in [0, 0.1) is 0 Å². The van der Waals surface area contributed by atoms with Gasteiger partial charge >= 0.3 is 0 Å². The van der Waals surface area contributed by atoms with Gasteiger partial charge in [0.15, 0.2) is 8.07 Å². The number of para-hydroxylation sites is 3. The predicted octanol–water partition coefficient (Wildman–Crippen LogP) is 15.9. The summed E-state index contributed by atoms with van der Waals surface area (Å²) in [4.78, 5) is 0. The summed E-state index contributed by atoms with van der Waals surface area (Å²) < 4.78 is 5.00. The van der Waals surface area contributed by atoms with Gasteiger partial charge in [-0.25, -0.2) is 0 Å². The van der Waals surface area contributed by atoms with E-state index in [1.165, 1.54) is 109 Å². The highest BCUT2D eigenvalue weighted by Gasteiger charge is 2.42. The van der Waals surface area contributed by atoms with E-state index in [0.29, 0.717) is 0 Å². The van der Waals surface area contributed by atoms with Gasteiger partial charge in [0.1, 0.15) is 0 Å². The van der Waals surface area contributed by atoms with Gasteiger partial charge in [-0.3, -0.25) is 0 Å². The molecule has 14 aromatic rings. The van der Waals surface area contributed by atoms with Crippen LogP contribution in [0.1, 0.15) is 0 Å². The zero-order chi connectivity index (χ0) is 49.7. The first kappa shape index (κ1) is 44.2. The lowest BCUT2D eigenvalue weighted by Crippen LogP contribution is -2.74. The summed E-state index contributed by atoms with van der Waals surface area (Å²) in [7, 11) is -2.97. The second-order valence-electron chi connectivity index (χ2n) is 19.6. The summed E-state index contributed by atoms with van der Waals surface area (Å²) in [5, 5.41) is 10.3. The highest BCUT2D eigenvalue weighted by atomic mass is 28.3. The SMILES string of the molecule is c1ccc(-c2ccccc2-n2c3ccccc3c3cc(-c4ccc5c(c4)c4ccccc4n5-c4c(-c5ccccc5)cc([Si](c5ccccc5)(c5ccccc5)c5ccccc5)cc4-c4ccccc4)ccc32)cc1. The standard InChI is InChI=1S/C72H50N2Si/c1-7-25-51(26-8-1)60-37-19-22-40-67(60)73-68-41-23-20-38-61(68)65-47-54(43-45-70(65)73)55-44-46-71-66(48-55)62-39-21-24-42-69(62)74(71)72-63(52-27-9-2-10-28-52)49-59(50-64(72)53-29-11-3-12-30-53)75(56-31-13-4-14-32-56,57-33-15-5-16-34-57)58-35-17-6-18-36-58/h1-50H. The van der Waals surface area contributed by atoms with Crippen LogP contribution in [0.25, 0.3) is 99.5 Å². The average Bonchev–Trinajstić information content (AvgIpc) is 4.03. The molecule has 0 saturated heterocycles. The van der Waals surface area contributed by atoms with E-state index >= 15 is 0 Å². The molecule has 0 unspecified atom stereocenters.